The van der Waals surface area contributed by atoms with Gasteiger partial charge in [0.15, 0.2) is 5.71 Å². The Hall–Kier alpha value is -3.08. The zero-order valence-corrected chi connectivity index (χ0v) is 12.8. The highest BCUT2D eigenvalue weighted by Crippen LogP contribution is 2.29. The van der Waals surface area contributed by atoms with Crippen LogP contribution in [0.3, 0.4) is 0 Å². The Labute approximate surface area is 134 Å². The molecule has 0 spiro atoms. The van der Waals surface area contributed by atoms with Gasteiger partial charge in [0.25, 0.3) is 5.91 Å². The molecule has 2 aromatic rings. The van der Waals surface area contributed by atoms with E-state index < -0.39 is 0 Å². The smallest absolute Gasteiger partial charge is 0.279 e. The van der Waals surface area contributed by atoms with Crippen LogP contribution in [-0.4, -0.2) is 28.9 Å². The van der Waals surface area contributed by atoms with E-state index in [0.29, 0.717) is 18.0 Å². The Morgan fingerprint density at radius 2 is 2.04 bits per heavy atom. The number of benzene rings is 1. The number of rotatable bonds is 4. The van der Waals surface area contributed by atoms with Crippen LogP contribution in [0, 0.1) is 0 Å². The number of hydrogen-bond donors (Lipinski definition) is 0. The predicted octanol–water partition coefficient (Wildman–Crippen LogP) is 2.83. The SMILES string of the molecule is C=CCN1C(=O)/C(=N\N=C(\C)c2ccccn2)c2ccccc21. The minimum absolute atomic E-state index is 0.163. The van der Waals surface area contributed by atoms with Crippen LogP contribution in [0.5, 0.6) is 0 Å². The van der Waals surface area contributed by atoms with Crippen LogP contribution < -0.4 is 4.90 Å². The number of hydrogen-bond acceptors (Lipinski definition) is 4. The molecule has 2 heterocycles. The number of carbonyl (C=O) groups is 1. The van der Waals surface area contributed by atoms with Crippen molar-refractivity contribution in [2.45, 2.75) is 6.92 Å². The second kappa shape index (κ2) is 6.36. The first kappa shape index (κ1) is 14.8. The highest BCUT2D eigenvalue weighted by molar-refractivity contribution is 6.54. The molecule has 0 aliphatic carbocycles. The molecule has 1 aliphatic heterocycles. The van der Waals surface area contributed by atoms with Crippen LogP contribution in [0.25, 0.3) is 0 Å². The lowest BCUT2D eigenvalue weighted by atomic mass is 10.1. The zero-order chi connectivity index (χ0) is 16.2. The number of fused-ring (bicyclic) bond motifs is 1. The monoisotopic (exact) mass is 304 g/mol. The molecule has 0 saturated heterocycles. The van der Waals surface area contributed by atoms with Gasteiger partial charge in [-0.1, -0.05) is 30.3 Å². The maximum atomic E-state index is 12.6. The quantitative estimate of drug-likeness (QED) is 0.495. The highest BCUT2D eigenvalue weighted by Gasteiger charge is 2.33. The number of aromatic nitrogens is 1. The molecule has 114 valence electrons. The number of pyridine rings is 1. The lowest BCUT2D eigenvalue weighted by Crippen LogP contribution is -2.30. The van der Waals surface area contributed by atoms with Crippen LogP contribution in [0.1, 0.15) is 18.2 Å². The van der Waals surface area contributed by atoms with Crippen molar-refractivity contribution >= 4 is 23.0 Å². The number of anilines is 1. The molecule has 0 radical (unpaired) electrons. The van der Waals surface area contributed by atoms with Gasteiger partial charge >= 0.3 is 0 Å². The third kappa shape index (κ3) is 2.81. The Morgan fingerprint density at radius 3 is 2.78 bits per heavy atom. The molecule has 0 N–H and O–H groups in total. The molecule has 0 bridgehead atoms. The van der Waals surface area contributed by atoms with Crippen molar-refractivity contribution in [1.29, 1.82) is 0 Å². The van der Waals surface area contributed by atoms with Gasteiger partial charge in [0.05, 0.1) is 17.1 Å². The molecule has 0 atom stereocenters. The molecule has 1 aliphatic rings. The standard InChI is InChI=1S/C18H16N4O/c1-3-12-22-16-10-5-4-8-14(16)17(18(22)23)21-20-13(2)15-9-6-7-11-19-15/h3-11H,1,12H2,2H3/b20-13-,21-17-. The third-order valence-corrected chi connectivity index (χ3v) is 3.54. The minimum Gasteiger partial charge on any atom is -0.302 e. The van der Waals surface area contributed by atoms with Crippen molar-refractivity contribution in [3.63, 3.8) is 0 Å². The van der Waals surface area contributed by atoms with E-state index in [0.717, 1.165) is 16.9 Å². The molecule has 1 aromatic heterocycles. The molecule has 5 nitrogen and oxygen atoms in total. The summed E-state index contributed by atoms with van der Waals surface area (Å²) in [5, 5.41) is 8.38. The Bertz CT molecular complexity index is 809. The number of carbonyl (C=O) groups excluding carboxylic acids is 1. The summed E-state index contributed by atoms with van der Waals surface area (Å²) in [5.41, 5.74) is 3.36. The van der Waals surface area contributed by atoms with E-state index in [1.807, 2.05) is 49.4 Å². The van der Waals surface area contributed by atoms with Crippen molar-refractivity contribution in [1.82, 2.24) is 4.98 Å². The summed E-state index contributed by atoms with van der Waals surface area (Å²) in [4.78, 5) is 18.4. The van der Waals surface area contributed by atoms with E-state index in [1.54, 1.807) is 17.2 Å². The Kier molecular flexibility index (Phi) is 4.10. The first-order valence-electron chi connectivity index (χ1n) is 7.28. The highest BCUT2D eigenvalue weighted by atomic mass is 16.2. The van der Waals surface area contributed by atoms with Crippen molar-refractivity contribution in [3.05, 3.63) is 72.6 Å². The summed E-state index contributed by atoms with van der Waals surface area (Å²) in [7, 11) is 0. The first-order chi connectivity index (χ1) is 11.2. The second-order valence-electron chi connectivity index (χ2n) is 5.07. The summed E-state index contributed by atoms with van der Waals surface area (Å²) in [5.74, 6) is -0.163. The van der Waals surface area contributed by atoms with E-state index in [-0.39, 0.29) is 5.91 Å². The largest absolute Gasteiger partial charge is 0.302 e. The number of para-hydroxylation sites is 1. The van der Waals surface area contributed by atoms with Gasteiger partial charge in [0.2, 0.25) is 0 Å². The fourth-order valence-corrected chi connectivity index (χ4v) is 2.42. The minimum atomic E-state index is -0.163. The van der Waals surface area contributed by atoms with Crippen molar-refractivity contribution in [2.24, 2.45) is 10.2 Å². The molecule has 1 aromatic carbocycles. The van der Waals surface area contributed by atoms with E-state index in [9.17, 15) is 4.79 Å². The molecule has 0 saturated carbocycles. The van der Waals surface area contributed by atoms with Gasteiger partial charge in [-0.25, -0.2) is 0 Å². The average Bonchev–Trinajstić information content (AvgIpc) is 2.86. The van der Waals surface area contributed by atoms with E-state index >= 15 is 0 Å². The van der Waals surface area contributed by atoms with Crippen molar-refractivity contribution in [2.75, 3.05) is 11.4 Å². The van der Waals surface area contributed by atoms with Gasteiger partial charge < -0.3 is 4.90 Å². The maximum Gasteiger partial charge on any atom is 0.279 e. The van der Waals surface area contributed by atoms with Crippen LogP contribution in [0.15, 0.2) is 71.5 Å². The summed E-state index contributed by atoms with van der Waals surface area (Å²) < 4.78 is 0. The van der Waals surface area contributed by atoms with Crippen molar-refractivity contribution in [3.8, 4) is 0 Å². The van der Waals surface area contributed by atoms with E-state index in [1.165, 1.54) is 0 Å². The molecule has 23 heavy (non-hydrogen) atoms. The lowest BCUT2D eigenvalue weighted by Gasteiger charge is -2.13. The van der Waals surface area contributed by atoms with Gasteiger partial charge in [0.1, 0.15) is 0 Å². The molecule has 0 fully saturated rings. The summed E-state index contributed by atoms with van der Waals surface area (Å²) >= 11 is 0. The van der Waals surface area contributed by atoms with Crippen LogP contribution in [0.4, 0.5) is 5.69 Å². The molecular weight excluding hydrogens is 288 g/mol. The van der Waals surface area contributed by atoms with Crippen LogP contribution in [0.2, 0.25) is 0 Å². The van der Waals surface area contributed by atoms with Gasteiger partial charge in [-0.05, 0) is 25.1 Å². The van der Waals surface area contributed by atoms with E-state index in [2.05, 4.69) is 21.8 Å². The normalized spacial score (nSPS) is 15.9. The lowest BCUT2D eigenvalue weighted by molar-refractivity contribution is -0.112. The maximum absolute atomic E-state index is 12.6. The first-order valence-corrected chi connectivity index (χ1v) is 7.28. The number of amides is 1. The third-order valence-electron chi connectivity index (χ3n) is 3.54. The Balaban J connectivity index is 1.99. The van der Waals surface area contributed by atoms with Crippen LogP contribution >= 0.6 is 0 Å². The molecule has 1 amide bonds. The zero-order valence-electron chi connectivity index (χ0n) is 12.8. The van der Waals surface area contributed by atoms with Crippen LogP contribution in [-0.2, 0) is 4.79 Å². The fourth-order valence-electron chi connectivity index (χ4n) is 2.42. The molecule has 0 unspecified atom stereocenters. The molecule has 5 heteroatoms. The summed E-state index contributed by atoms with van der Waals surface area (Å²) in [6.07, 6.45) is 3.39. The summed E-state index contributed by atoms with van der Waals surface area (Å²) in [6, 6.07) is 13.1. The average molecular weight is 304 g/mol. The van der Waals surface area contributed by atoms with Gasteiger partial charge in [-0.15, -0.1) is 11.7 Å². The Morgan fingerprint density at radius 1 is 1.26 bits per heavy atom. The molecule has 3 rings (SSSR count). The predicted molar refractivity (Wildman–Crippen MR) is 92.0 cm³/mol. The molecular formula is C18H16N4O. The van der Waals surface area contributed by atoms with Gasteiger partial charge in [-0.2, -0.15) is 5.10 Å². The number of nitrogens with zero attached hydrogens (tertiary/aromatic N) is 4. The fraction of sp³-hybridized carbons (Fsp3) is 0.111. The van der Waals surface area contributed by atoms with Gasteiger partial charge in [0, 0.05) is 18.3 Å². The van der Waals surface area contributed by atoms with E-state index in [4.69, 9.17) is 0 Å². The topological polar surface area (TPSA) is 57.9 Å². The second-order valence-corrected chi connectivity index (χ2v) is 5.07. The summed E-state index contributed by atoms with van der Waals surface area (Å²) in [6.45, 7) is 5.96. The van der Waals surface area contributed by atoms with Crippen molar-refractivity contribution < 1.29 is 4.79 Å². The van der Waals surface area contributed by atoms with Gasteiger partial charge in [-0.3, -0.25) is 9.78 Å².